The second-order valence-corrected chi connectivity index (χ2v) is 3.45. The van der Waals surface area contributed by atoms with Crippen LogP contribution in [-0.4, -0.2) is 15.9 Å². The maximum absolute atomic E-state index is 12.8. The van der Waals surface area contributed by atoms with E-state index in [0.29, 0.717) is 12.1 Å². The zero-order chi connectivity index (χ0) is 10.8. The molecule has 4 heteroatoms. The number of carbonyl (C=O) groups is 1. The third kappa shape index (κ3) is 2.15. The summed E-state index contributed by atoms with van der Waals surface area (Å²) >= 11 is 0. The molecule has 78 valence electrons. The van der Waals surface area contributed by atoms with E-state index < -0.39 is 0 Å². The zero-order valence-corrected chi connectivity index (χ0v) is 7.98. The van der Waals surface area contributed by atoms with E-state index in [4.69, 9.17) is 5.11 Å². The van der Waals surface area contributed by atoms with Crippen molar-refractivity contribution in [2.24, 2.45) is 0 Å². The number of nitrogens with zero attached hydrogens (tertiary/aromatic N) is 1. The maximum atomic E-state index is 12.8. The van der Waals surface area contributed by atoms with Crippen LogP contribution < -0.4 is 0 Å². The van der Waals surface area contributed by atoms with Crippen LogP contribution in [0.1, 0.15) is 12.0 Å². The quantitative estimate of drug-likeness (QED) is 0.805. The van der Waals surface area contributed by atoms with Gasteiger partial charge < -0.3 is 10.0 Å². The summed E-state index contributed by atoms with van der Waals surface area (Å²) in [6.45, 7) is 0.292. The smallest absolute Gasteiger partial charge is 0.234 e. The highest BCUT2D eigenvalue weighted by atomic mass is 19.1. The second kappa shape index (κ2) is 3.73. The van der Waals surface area contributed by atoms with Crippen LogP contribution in [0.2, 0.25) is 0 Å². The molecular formula is C11H10FNO2. The van der Waals surface area contributed by atoms with Crippen LogP contribution in [0.4, 0.5) is 4.39 Å². The molecule has 1 N–H and O–H groups in total. The van der Waals surface area contributed by atoms with Gasteiger partial charge in [0.15, 0.2) is 0 Å². The number of benzene rings is 1. The lowest BCUT2D eigenvalue weighted by Gasteiger charge is -2.12. The lowest BCUT2D eigenvalue weighted by molar-refractivity contribution is -0.127. The van der Waals surface area contributed by atoms with Crippen LogP contribution in [0.3, 0.4) is 0 Å². The van der Waals surface area contributed by atoms with E-state index in [0.717, 1.165) is 0 Å². The topological polar surface area (TPSA) is 40.5 Å². The Hall–Kier alpha value is -1.84. The third-order valence-corrected chi connectivity index (χ3v) is 2.20. The van der Waals surface area contributed by atoms with Gasteiger partial charge in [-0.1, -0.05) is 12.1 Å². The van der Waals surface area contributed by atoms with Gasteiger partial charge >= 0.3 is 0 Å². The number of hydrogen-bond donors (Lipinski definition) is 1. The molecule has 15 heavy (non-hydrogen) atoms. The lowest BCUT2D eigenvalue weighted by Crippen LogP contribution is -2.20. The van der Waals surface area contributed by atoms with Crippen molar-refractivity contribution in [3.8, 4) is 0 Å². The van der Waals surface area contributed by atoms with Gasteiger partial charge in [-0.05, 0) is 17.7 Å². The molecule has 0 aromatic heterocycles. The minimum absolute atomic E-state index is 0.0370. The van der Waals surface area contributed by atoms with Crippen molar-refractivity contribution in [2.75, 3.05) is 0 Å². The predicted molar refractivity (Wildman–Crippen MR) is 52.3 cm³/mol. The van der Waals surface area contributed by atoms with Crippen LogP contribution in [0.25, 0.3) is 0 Å². The molecule has 0 radical (unpaired) electrons. The molecule has 1 aromatic carbocycles. The molecule has 3 nitrogen and oxygen atoms in total. The molecule has 0 fully saturated rings. The number of amides is 1. The molecule has 1 aliphatic heterocycles. The summed E-state index contributed by atoms with van der Waals surface area (Å²) in [5.41, 5.74) is 0.703. The Morgan fingerprint density at radius 2 is 2.27 bits per heavy atom. The van der Waals surface area contributed by atoms with Gasteiger partial charge in [0.2, 0.25) is 5.91 Å². The molecule has 0 unspecified atom stereocenters. The summed E-state index contributed by atoms with van der Waals surface area (Å²) < 4.78 is 12.8. The number of aliphatic hydroxyl groups is 1. The molecule has 0 aliphatic carbocycles. The fourth-order valence-electron chi connectivity index (χ4n) is 1.52. The second-order valence-electron chi connectivity index (χ2n) is 3.45. The van der Waals surface area contributed by atoms with E-state index in [9.17, 15) is 9.18 Å². The van der Waals surface area contributed by atoms with E-state index in [1.54, 1.807) is 12.1 Å². The van der Waals surface area contributed by atoms with Gasteiger partial charge in [0.05, 0.1) is 13.0 Å². The van der Waals surface area contributed by atoms with Gasteiger partial charge in [-0.2, -0.15) is 0 Å². The fraction of sp³-hybridized carbons (Fsp3) is 0.182. The summed E-state index contributed by atoms with van der Waals surface area (Å²) in [6, 6.07) is 6.05. The Balaban J connectivity index is 2.12. The molecule has 1 heterocycles. The van der Waals surface area contributed by atoms with Crippen LogP contribution >= 0.6 is 0 Å². The number of carbonyl (C=O) groups excluding carboxylic acids is 1. The van der Waals surface area contributed by atoms with Crippen molar-refractivity contribution in [3.05, 3.63) is 47.6 Å². The highest BCUT2D eigenvalue weighted by Gasteiger charge is 2.20. The van der Waals surface area contributed by atoms with Gasteiger partial charge in [0.1, 0.15) is 11.6 Å². The van der Waals surface area contributed by atoms with Gasteiger partial charge in [-0.3, -0.25) is 4.79 Å². The van der Waals surface area contributed by atoms with Crippen molar-refractivity contribution in [3.63, 3.8) is 0 Å². The third-order valence-electron chi connectivity index (χ3n) is 2.20. The van der Waals surface area contributed by atoms with Gasteiger partial charge in [-0.15, -0.1) is 0 Å². The average molecular weight is 207 g/mol. The number of halogens is 1. The first kappa shape index (κ1) is 9.71. The highest BCUT2D eigenvalue weighted by Crippen LogP contribution is 2.16. The fourth-order valence-corrected chi connectivity index (χ4v) is 1.52. The summed E-state index contributed by atoms with van der Waals surface area (Å²) in [5.74, 6) is -0.444. The van der Waals surface area contributed by atoms with Crippen molar-refractivity contribution < 1.29 is 14.3 Å². The monoisotopic (exact) mass is 207 g/mol. The molecule has 1 aliphatic rings. The molecular weight excluding hydrogens is 197 g/mol. The van der Waals surface area contributed by atoms with Crippen molar-refractivity contribution in [1.29, 1.82) is 0 Å². The Morgan fingerprint density at radius 3 is 2.87 bits per heavy atom. The molecule has 0 saturated heterocycles. The average Bonchev–Trinajstić information content (AvgIpc) is 2.45. The molecule has 1 aromatic rings. The van der Waals surface area contributed by atoms with Crippen LogP contribution in [0.5, 0.6) is 0 Å². The number of hydrogen-bond acceptors (Lipinski definition) is 2. The summed E-state index contributed by atoms with van der Waals surface area (Å²) in [6.07, 6.45) is 1.42. The zero-order valence-electron chi connectivity index (χ0n) is 7.98. The van der Waals surface area contributed by atoms with Crippen molar-refractivity contribution >= 4 is 5.91 Å². The van der Waals surface area contributed by atoms with E-state index in [2.05, 4.69) is 0 Å². The number of aliphatic hydroxyl groups excluding tert-OH is 1. The largest absolute Gasteiger partial charge is 0.510 e. The Labute approximate surface area is 86.4 Å². The molecule has 0 saturated carbocycles. The van der Waals surface area contributed by atoms with E-state index >= 15 is 0 Å². The van der Waals surface area contributed by atoms with E-state index in [-0.39, 0.29) is 23.9 Å². The summed E-state index contributed by atoms with van der Waals surface area (Å²) in [4.78, 5) is 12.7. The van der Waals surface area contributed by atoms with Crippen LogP contribution in [0, 0.1) is 5.82 Å². The first-order chi connectivity index (χ1) is 7.15. The van der Waals surface area contributed by atoms with Crippen LogP contribution in [-0.2, 0) is 11.3 Å². The molecule has 0 atom stereocenters. The maximum Gasteiger partial charge on any atom is 0.234 e. The van der Waals surface area contributed by atoms with Gasteiger partial charge in [0, 0.05) is 6.20 Å². The van der Waals surface area contributed by atoms with E-state index in [1.807, 2.05) is 0 Å². The Kier molecular flexibility index (Phi) is 2.41. The first-order valence-corrected chi connectivity index (χ1v) is 4.59. The predicted octanol–water partition coefficient (Wildman–Crippen LogP) is 1.96. The summed E-state index contributed by atoms with van der Waals surface area (Å²) in [5, 5.41) is 9.13. The summed E-state index contributed by atoms with van der Waals surface area (Å²) in [7, 11) is 0. The van der Waals surface area contributed by atoms with Crippen LogP contribution in [0.15, 0.2) is 36.2 Å². The molecule has 2 rings (SSSR count). The molecule has 0 spiro atoms. The Morgan fingerprint density at radius 1 is 1.47 bits per heavy atom. The normalized spacial score (nSPS) is 15.7. The minimum Gasteiger partial charge on any atom is -0.510 e. The molecule has 0 bridgehead atoms. The number of rotatable bonds is 2. The van der Waals surface area contributed by atoms with Crippen molar-refractivity contribution in [2.45, 2.75) is 13.0 Å². The van der Waals surface area contributed by atoms with Gasteiger partial charge in [0.25, 0.3) is 0 Å². The Bertz CT molecular complexity index is 428. The van der Waals surface area contributed by atoms with E-state index in [1.165, 1.54) is 23.2 Å². The highest BCUT2D eigenvalue weighted by molar-refractivity contribution is 5.82. The molecule has 1 amide bonds. The lowest BCUT2D eigenvalue weighted by atomic mass is 10.2. The standard InChI is InChI=1S/C11H10FNO2/c12-9-3-1-2-8(4-9)6-13-7-10(14)5-11(13)15/h1-4,7,14H,5-6H2. The van der Waals surface area contributed by atoms with Crippen molar-refractivity contribution in [1.82, 2.24) is 4.90 Å². The van der Waals surface area contributed by atoms with Gasteiger partial charge in [-0.25, -0.2) is 4.39 Å². The minimum atomic E-state index is -0.327. The SMILES string of the molecule is O=C1CC(O)=CN1Cc1cccc(F)c1. The first-order valence-electron chi connectivity index (χ1n) is 4.59.